The Labute approximate surface area is 250 Å². The lowest BCUT2D eigenvalue weighted by molar-refractivity contribution is -0.149. The van der Waals surface area contributed by atoms with Crippen LogP contribution in [0.25, 0.3) is 23.0 Å². The van der Waals surface area contributed by atoms with E-state index in [2.05, 4.69) is 5.32 Å². The third-order valence-corrected chi connectivity index (χ3v) is 6.54. The zero-order valence-corrected chi connectivity index (χ0v) is 23.8. The summed E-state index contributed by atoms with van der Waals surface area (Å²) in [5, 5.41) is 7.63. The molecule has 1 atom stereocenters. The average molecular weight is 574 g/mol. The fraction of sp³-hybridized carbons (Fsp3) is 0.114. The van der Waals surface area contributed by atoms with E-state index in [-0.39, 0.29) is 0 Å². The number of ether oxygens (including phenoxy) is 3. The first kappa shape index (κ1) is 28.9. The van der Waals surface area contributed by atoms with E-state index in [1.165, 1.54) is 6.08 Å². The summed E-state index contributed by atoms with van der Waals surface area (Å²) in [5.41, 5.74) is 4.09. The van der Waals surface area contributed by atoms with Crippen LogP contribution in [-0.4, -0.2) is 35.4 Å². The Balaban J connectivity index is 1.41. The molecule has 0 fully saturated rings. The van der Waals surface area contributed by atoms with Crippen molar-refractivity contribution in [3.8, 4) is 28.4 Å². The van der Waals surface area contributed by atoms with Gasteiger partial charge in [-0.25, -0.2) is 9.48 Å². The number of esters is 1. The number of hydrogen-bond acceptors (Lipinski definition) is 6. The molecule has 0 bridgehead atoms. The molecule has 8 heteroatoms. The Morgan fingerprint density at radius 2 is 1.56 bits per heavy atom. The van der Waals surface area contributed by atoms with Gasteiger partial charge in [0.15, 0.2) is 0 Å². The Bertz CT molecular complexity index is 1700. The van der Waals surface area contributed by atoms with E-state index < -0.39 is 18.0 Å². The van der Waals surface area contributed by atoms with E-state index in [0.717, 1.165) is 17.0 Å². The number of rotatable bonds is 11. The molecule has 0 saturated heterocycles. The standard InChI is InChI=1S/C35H31N3O5/c1-3-42-31-17-11-10-16-30(31)36-35(40)34(26-12-6-4-7-13-26)43-32(39)23-20-27-24-38(28-14-8-5-9-15-28)37-33(27)25-18-21-29(41-2)22-19-25/h4-24,34H,3H2,1-2H3,(H,36,40). The first-order valence-electron chi connectivity index (χ1n) is 13.8. The van der Waals surface area contributed by atoms with Gasteiger partial charge in [0.05, 0.1) is 30.8 Å². The molecule has 216 valence electrons. The van der Waals surface area contributed by atoms with Gasteiger partial charge in [-0.05, 0) is 61.5 Å². The number of carbonyl (C=O) groups excluding carboxylic acids is 2. The quantitative estimate of drug-likeness (QED) is 0.137. The van der Waals surface area contributed by atoms with Crippen molar-refractivity contribution in [1.29, 1.82) is 0 Å². The highest BCUT2D eigenvalue weighted by Crippen LogP contribution is 2.29. The van der Waals surface area contributed by atoms with Gasteiger partial charge in [0.1, 0.15) is 11.5 Å². The number of carbonyl (C=O) groups is 2. The molecule has 1 amide bonds. The molecule has 0 radical (unpaired) electrons. The van der Waals surface area contributed by atoms with E-state index in [1.807, 2.05) is 79.9 Å². The topological polar surface area (TPSA) is 91.7 Å². The number of anilines is 1. The van der Waals surface area contributed by atoms with E-state index in [4.69, 9.17) is 19.3 Å². The smallest absolute Gasteiger partial charge is 0.331 e. The molecule has 0 spiro atoms. The minimum atomic E-state index is -1.19. The molecule has 4 aromatic carbocycles. The van der Waals surface area contributed by atoms with Crippen LogP contribution in [0.3, 0.4) is 0 Å². The highest BCUT2D eigenvalue weighted by Gasteiger charge is 2.25. The second-order valence-corrected chi connectivity index (χ2v) is 9.42. The number of amides is 1. The van der Waals surface area contributed by atoms with Crippen LogP contribution in [0.2, 0.25) is 0 Å². The zero-order valence-electron chi connectivity index (χ0n) is 23.8. The lowest BCUT2D eigenvalue weighted by Gasteiger charge is -2.18. The van der Waals surface area contributed by atoms with Gasteiger partial charge in [-0.3, -0.25) is 4.79 Å². The third-order valence-electron chi connectivity index (χ3n) is 6.54. The van der Waals surface area contributed by atoms with Gasteiger partial charge >= 0.3 is 5.97 Å². The van der Waals surface area contributed by atoms with Gasteiger partial charge in [-0.2, -0.15) is 5.10 Å². The molecule has 1 aromatic heterocycles. The maximum atomic E-state index is 13.4. The van der Waals surface area contributed by atoms with Crippen molar-refractivity contribution < 1.29 is 23.8 Å². The zero-order chi connectivity index (χ0) is 30.0. The number of aromatic nitrogens is 2. The Hall–Kier alpha value is -5.63. The minimum absolute atomic E-state index is 0.439. The second-order valence-electron chi connectivity index (χ2n) is 9.42. The molecule has 0 aliphatic heterocycles. The van der Waals surface area contributed by atoms with Crippen molar-refractivity contribution in [3.05, 3.63) is 133 Å². The van der Waals surface area contributed by atoms with Crippen LogP contribution in [-0.2, 0) is 14.3 Å². The van der Waals surface area contributed by atoms with Gasteiger partial charge in [0.2, 0.25) is 6.10 Å². The summed E-state index contributed by atoms with van der Waals surface area (Å²) in [6, 6.07) is 33.2. The summed E-state index contributed by atoms with van der Waals surface area (Å²) in [4.78, 5) is 26.6. The fourth-order valence-corrected chi connectivity index (χ4v) is 4.46. The Morgan fingerprint density at radius 3 is 2.26 bits per heavy atom. The summed E-state index contributed by atoms with van der Waals surface area (Å²) in [6.45, 7) is 2.30. The van der Waals surface area contributed by atoms with Crippen molar-refractivity contribution in [2.45, 2.75) is 13.0 Å². The largest absolute Gasteiger partial charge is 0.497 e. The van der Waals surface area contributed by atoms with Gasteiger partial charge in [-0.1, -0.05) is 60.7 Å². The van der Waals surface area contributed by atoms with E-state index in [9.17, 15) is 9.59 Å². The summed E-state index contributed by atoms with van der Waals surface area (Å²) >= 11 is 0. The van der Waals surface area contributed by atoms with Gasteiger partial charge in [0, 0.05) is 29.0 Å². The number of nitrogens with one attached hydrogen (secondary N) is 1. The second kappa shape index (κ2) is 13.8. The molecular weight excluding hydrogens is 542 g/mol. The summed E-state index contributed by atoms with van der Waals surface area (Å²) < 4.78 is 18.4. The van der Waals surface area contributed by atoms with Gasteiger partial charge in [0.25, 0.3) is 5.91 Å². The van der Waals surface area contributed by atoms with Crippen LogP contribution in [0, 0.1) is 0 Å². The minimum Gasteiger partial charge on any atom is -0.497 e. The maximum absolute atomic E-state index is 13.4. The Morgan fingerprint density at radius 1 is 0.884 bits per heavy atom. The van der Waals surface area contributed by atoms with Crippen LogP contribution in [0.4, 0.5) is 5.69 Å². The van der Waals surface area contributed by atoms with Gasteiger partial charge < -0.3 is 19.5 Å². The summed E-state index contributed by atoms with van der Waals surface area (Å²) in [6.07, 6.45) is 3.58. The van der Waals surface area contributed by atoms with Crippen molar-refractivity contribution in [2.24, 2.45) is 0 Å². The van der Waals surface area contributed by atoms with Crippen LogP contribution in [0.5, 0.6) is 11.5 Å². The Kier molecular flexibility index (Phi) is 9.29. The van der Waals surface area contributed by atoms with Crippen LogP contribution < -0.4 is 14.8 Å². The van der Waals surface area contributed by atoms with Crippen LogP contribution in [0.15, 0.2) is 121 Å². The predicted molar refractivity (Wildman–Crippen MR) is 166 cm³/mol. The number of hydrogen-bond donors (Lipinski definition) is 1. The normalized spacial score (nSPS) is 11.6. The van der Waals surface area contributed by atoms with E-state index >= 15 is 0 Å². The predicted octanol–water partition coefficient (Wildman–Crippen LogP) is 6.88. The molecular formula is C35H31N3O5. The average Bonchev–Trinajstić information content (AvgIpc) is 3.49. The van der Waals surface area contributed by atoms with Crippen molar-refractivity contribution in [2.75, 3.05) is 19.0 Å². The van der Waals surface area contributed by atoms with Crippen molar-refractivity contribution in [1.82, 2.24) is 9.78 Å². The monoisotopic (exact) mass is 573 g/mol. The first-order valence-corrected chi connectivity index (χ1v) is 13.8. The third kappa shape index (κ3) is 7.18. The highest BCUT2D eigenvalue weighted by atomic mass is 16.5. The summed E-state index contributed by atoms with van der Waals surface area (Å²) in [7, 11) is 1.61. The molecule has 1 heterocycles. The molecule has 0 saturated carbocycles. The van der Waals surface area contributed by atoms with Crippen molar-refractivity contribution in [3.63, 3.8) is 0 Å². The molecule has 1 N–H and O–H groups in total. The fourth-order valence-electron chi connectivity index (χ4n) is 4.46. The van der Waals surface area contributed by atoms with Gasteiger partial charge in [-0.15, -0.1) is 0 Å². The number of nitrogens with zero attached hydrogens (tertiary/aromatic N) is 2. The van der Waals surface area contributed by atoms with E-state index in [1.54, 1.807) is 60.3 Å². The highest BCUT2D eigenvalue weighted by molar-refractivity contribution is 5.98. The van der Waals surface area contributed by atoms with Crippen LogP contribution in [0.1, 0.15) is 24.2 Å². The van der Waals surface area contributed by atoms with Crippen molar-refractivity contribution >= 4 is 23.6 Å². The molecule has 0 aliphatic rings. The SMILES string of the molecule is CCOc1ccccc1NC(=O)C(OC(=O)C=Cc1cn(-c2ccccc2)nc1-c1ccc(OC)cc1)c1ccccc1. The molecule has 5 aromatic rings. The van der Waals surface area contributed by atoms with Crippen LogP contribution >= 0.6 is 0 Å². The molecule has 5 rings (SSSR count). The lowest BCUT2D eigenvalue weighted by atomic mass is 10.1. The molecule has 43 heavy (non-hydrogen) atoms. The van der Waals surface area contributed by atoms with E-state index in [0.29, 0.717) is 34.9 Å². The number of benzene rings is 4. The number of para-hydroxylation sites is 3. The maximum Gasteiger partial charge on any atom is 0.331 e. The summed E-state index contributed by atoms with van der Waals surface area (Å²) in [5.74, 6) is 0.0602. The molecule has 0 aliphatic carbocycles. The number of methoxy groups -OCH3 is 1. The lowest BCUT2D eigenvalue weighted by Crippen LogP contribution is -2.25. The molecule has 1 unspecified atom stereocenters. The first-order chi connectivity index (χ1) is 21.1. The molecule has 8 nitrogen and oxygen atoms in total.